The predicted octanol–water partition coefficient (Wildman–Crippen LogP) is 6.20. The van der Waals surface area contributed by atoms with Crippen molar-refractivity contribution in [2.75, 3.05) is 12.4 Å². The number of nitrogens with one attached hydrogen (secondary N) is 1. The van der Waals surface area contributed by atoms with Crippen molar-refractivity contribution in [1.29, 1.82) is 0 Å². The molecular formula is C31H32N4O3S. The second-order valence-electron chi connectivity index (χ2n) is 8.88. The monoisotopic (exact) mass is 540 g/mol. The van der Waals surface area contributed by atoms with Crippen LogP contribution in [0.3, 0.4) is 0 Å². The van der Waals surface area contributed by atoms with Crippen molar-refractivity contribution in [1.82, 2.24) is 15.4 Å². The zero-order valence-corrected chi connectivity index (χ0v) is 23.3. The number of allylic oxidation sites excluding steroid dienone is 1. The third kappa shape index (κ3) is 7.67. The molecule has 0 fully saturated rings. The smallest absolute Gasteiger partial charge is 0.250 e. The third-order valence-electron chi connectivity index (χ3n) is 5.77. The van der Waals surface area contributed by atoms with Gasteiger partial charge in [-0.1, -0.05) is 60.3 Å². The van der Waals surface area contributed by atoms with Crippen molar-refractivity contribution in [2.45, 2.75) is 39.0 Å². The fourth-order valence-electron chi connectivity index (χ4n) is 4.16. The van der Waals surface area contributed by atoms with Crippen LogP contribution in [-0.2, 0) is 17.8 Å². The normalized spacial score (nSPS) is 11.1. The first-order valence-electron chi connectivity index (χ1n) is 12.7. The van der Waals surface area contributed by atoms with Crippen LogP contribution in [0.5, 0.6) is 11.5 Å². The molecule has 1 amide bonds. The number of rotatable bonds is 12. The zero-order chi connectivity index (χ0) is 27.6. The Kier molecular flexibility index (Phi) is 9.69. The summed E-state index contributed by atoms with van der Waals surface area (Å²) in [6.07, 6.45) is 4.01. The molecule has 1 N–H and O–H groups in total. The summed E-state index contributed by atoms with van der Waals surface area (Å²) >= 11 is 1.27. The SMILES string of the molecule is C=CCc1cc(/C=N\NC(=O)CSc2nc(C)cc(C)n2)cc(OCC)c1OCc1cccc2ccccc12. The van der Waals surface area contributed by atoms with Gasteiger partial charge in [0.1, 0.15) is 6.61 Å². The molecule has 3 aromatic carbocycles. The highest BCUT2D eigenvalue weighted by molar-refractivity contribution is 7.99. The topological polar surface area (TPSA) is 85.7 Å². The van der Waals surface area contributed by atoms with Crippen molar-refractivity contribution in [3.05, 3.63) is 101 Å². The van der Waals surface area contributed by atoms with E-state index in [9.17, 15) is 4.79 Å². The lowest BCUT2D eigenvalue weighted by atomic mass is 10.0. The Morgan fingerprint density at radius 2 is 1.79 bits per heavy atom. The lowest BCUT2D eigenvalue weighted by Crippen LogP contribution is -2.19. The molecule has 0 aliphatic carbocycles. The molecule has 200 valence electrons. The molecule has 1 aromatic heterocycles. The van der Waals surface area contributed by atoms with Crippen LogP contribution in [0, 0.1) is 13.8 Å². The number of hydrazone groups is 1. The first-order chi connectivity index (χ1) is 19.0. The highest BCUT2D eigenvalue weighted by Crippen LogP contribution is 2.35. The zero-order valence-electron chi connectivity index (χ0n) is 22.4. The number of aromatic nitrogens is 2. The van der Waals surface area contributed by atoms with Gasteiger partial charge in [0, 0.05) is 17.0 Å². The number of nitrogens with zero attached hydrogens (tertiary/aromatic N) is 3. The Bertz CT molecular complexity index is 1480. The van der Waals surface area contributed by atoms with Crippen LogP contribution in [0.15, 0.2) is 83.6 Å². The molecule has 8 heteroatoms. The Hall–Kier alpha value is -4.17. The second-order valence-corrected chi connectivity index (χ2v) is 9.82. The summed E-state index contributed by atoms with van der Waals surface area (Å²) in [5.74, 6) is 1.21. The Morgan fingerprint density at radius 1 is 1.03 bits per heavy atom. The Labute approximate surface area is 233 Å². The van der Waals surface area contributed by atoms with E-state index < -0.39 is 0 Å². The van der Waals surface area contributed by atoms with Crippen LogP contribution in [0.2, 0.25) is 0 Å². The van der Waals surface area contributed by atoms with E-state index in [0.29, 0.717) is 36.3 Å². The van der Waals surface area contributed by atoms with Crippen molar-refractivity contribution in [2.24, 2.45) is 5.10 Å². The van der Waals surface area contributed by atoms with Gasteiger partial charge in [0.15, 0.2) is 16.7 Å². The average molecular weight is 541 g/mol. The van der Waals surface area contributed by atoms with Gasteiger partial charge in [-0.25, -0.2) is 15.4 Å². The number of amides is 1. The lowest BCUT2D eigenvalue weighted by molar-refractivity contribution is -0.118. The summed E-state index contributed by atoms with van der Waals surface area (Å²) in [5, 5.41) is 7.05. The molecule has 0 saturated heterocycles. The van der Waals surface area contributed by atoms with E-state index in [4.69, 9.17) is 9.47 Å². The van der Waals surface area contributed by atoms with Crippen LogP contribution < -0.4 is 14.9 Å². The molecule has 39 heavy (non-hydrogen) atoms. The fourth-order valence-corrected chi connectivity index (χ4v) is 4.90. The highest BCUT2D eigenvalue weighted by atomic mass is 32.2. The summed E-state index contributed by atoms with van der Waals surface area (Å²) in [4.78, 5) is 21.0. The molecule has 4 aromatic rings. The van der Waals surface area contributed by atoms with Crippen LogP contribution >= 0.6 is 11.8 Å². The van der Waals surface area contributed by atoms with Crippen molar-refractivity contribution in [3.63, 3.8) is 0 Å². The average Bonchev–Trinajstić information content (AvgIpc) is 2.91. The maximum atomic E-state index is 12.3. The number of aryl methyl sites for hydroxylation is 2. The van der Waals surface area contributed by atoms with Crippen LogP contribution in [-0.4, -0.2) is 34.4 Å². The number of fused-ring (bicyclic) bond motifs is 1. The molecule has 0 atom stereocenters. The number of benzene rings is 3. The van der Waals surface area contributed by atoms with Gasteiger partial charge in [-0.05, 0) is 67.3 Å². The molecule has 0 saturated carbocycles. The van der Waals surface area contributed by atoms with E-state index in [-0.39, 0.29) is 11.7 Å². The molecule has 0 aliphatic rings. The van der Waals surface area contributed by atoms with E-state index in [2.05, 4.69) is 51.3 Å². The summed E-state index contributed by atoms with van der Waals surface area (Å²) in [7, 11) is 0. The molecule has 4 rings (SSSR count). The number of carbonyl (C=O) groups excluding carboxylic acids is 1. The third-order valence-corrected chi connectivity index (χ3v) is 6.61. The molecular weight excluding hydrogens is 508 g/mol. The molecule has 0 radical (unpaired) electrons. The summed E-state index contributed by atoms with van der Waals surface area (Å²) < 4.78 is 12.3. The summed E-state index contributed by atoms with van der Waals surface area (Å²) in [6, 6.07) is 20.2. The quantitative estimate of drug-likeness (QED) is 0.0758. The van der Waals surface area contributed by atoms with E-state index in [0.717, 1.165) is 33.5 Å². The van der Waals surface area contributed by atoms with Gasteiger partial charge in [-0.2, -0.15) is 5.10 Å². The highest BCUT2D eigenvalue weighted by Gasteiger charge is 2.14. The minimum Gasteiger partial charge on any atom is -0.490 e. The maximum absolute atomic E-state index is 12.3. The maximum Gasteiger partial charge on any atom is 0.250 e. The van der Waals surface area contributed by atoms with Gasteiger partial charge in [0.05, 0.1) is 18.6 Å². The Morgan fingerprint density at radius 3 is 2.56 bits per heavy atom. The number of ether oxygens (including phenoxy) is 2. The number of hydrogen-bond donors (Lipinski definition) is 1. The Balaban J connectivity index is 1.47. The number of hydrogen-bond acceptors (Lipinski definition) is 7. The summed E-state index contributed by atoms with van der Waals surface area (Å²) in [5.41, 5.74) is 7.11. The summed E-state index contributed by atoms with van der Waals surface area (Å²) in [6.45, 7) is 10.5. The standard InChI is InChI=1S/C31H32N4O3S/c1-5-10-25-16-23(18-32-35-29(36)20-39-31-33-21(3)15-22(4)34-31)17-28(37-6-2)30(25)38-19-26-13-9-12-24-11-7-8-14-27(24)26/h5,7-9,11-18H,1,6,10,19-20H2,2-4H3,(H,35,36)/b32-18-. The molecule has 0 bridgehead atoms. The molecule has 0 spiro atoms. The van der Waals surface area contributed by atoms with E-state index in [1.807, 2.05) is 63.2 Å². The molecule has 0 unspecified atom stereocenters. The van der Waals surface area contributed by atoms with Crippen LogP contribution in [0.4, 0.5) is 0 Å². The number of carbonyl (C=O) groups is 1. The van der Waals surface area contributed by atoms with Crippen molar-refractivity contribution in [3.8, 4) is 11.5 Å². The number of thioether (sulfide) groups is 1. The minimum atomic E-state index is -0.245. The van der Waals surface area contributed by atoms with Gasteiger partial charge >= 0.3 is 0 Å². The molecule has 0 aliphatic heterocycles. The first kappa shape index (κ1) is 27.9. The minimum absolute atomic E-state index is 0.160. The molecule has 7 nitrogen and oxygen atoms in total. The van der Waals surface area contributed by atoms with Gasteiger partial charge in [0.2, 0.25) is 0 Å². The van der Waals surface area contributed by atoms with Gasteiger partial charge in [-0.15, -0.1) is 6.58 Å². The predicted molar refractivity (Wildman–Crippen MR) is 158 cm³/mol. The van der Waals surface area contributed by atoms with Gasteiger partial charge in [-0.3, -0.25) is 4.79 Å². The van der Waals surface area contributed by atoms with E-state index >= 15 is 0 Å². The van der Waals surface area contributed by atoms with E-state index in [1.54, 1.807) is 6.21 Å². The van der Waals surface area contributed by atoms with Crippen molar-refractivity contribution < 1.29 is 14.3 Å². The fraction of sp³-hybridized carbons (Fsp3) is 0.226. The largest absolute Gasteiger partial charge is 0.490 e. The van der Waals surface area contributed by atoms with E-state index in [1.165, 1.54) is 17.1 Å². The van der Waals surface area contributed by atoms with Crippen LogP contribution in [0.25, 0.3) is 10.8 Å². The first-order valence-corrected chi connectivity index (χ1v) is 13.7. The van der Waals surface area contributed by atoms with Crippen LogP contribution in [0.1, 0.15) is 35.0 Å². The van der Waals surface area contributed by atoms with Crippen molar-refractivity contribution >= 4 is 34.7 Å². The molecule has 1 heterocycles. The van der Waals surface area contributed by atoms with Gasteiger partial charge in [0.25, 0.3) is 5.91 Å². The lowest BCUT2D eigenvalue weighted by Gasteiger charge is -2.17. The second kappa shape index (κ2) is 13.6. The van der Waals surface area contributed by atoms with Gasteiger partial charge < -0.3 is 9.47 Å².